The minimum atomic E-state index is -0.127. The Kier molecular flexibility index (Phi) is 4.81. The van der Waals surface area contributed by atoms with Crippen molar-refractivity contribution in [2.24, 2.45) is 0 Å². The van der Waals surface area contributed by atoms with Gasteiger partial charge in [-0.05, 0) is 70.3 Å². The van der Waals surface area contributed by atoms with Gasteiger partial charge in [0.1, 0.15) is 5.82 Å². The second-order valence-electron chi connectivity index (χ2n) is 5.87. The number of likely N-dealkylation sites (tertiary alicyclic amines) is 1. The molecule has 0 aromatic heterocycles. The van der Waals surface area contributed by atoms with Gasteiger partial charge in [-0.1, -0.05) is 0 Å². The maximum Gasteiger partial charge on any atom is 0.126 e. The molecule has 0 amide bonds. The predicted octanol–water partition coefficient (Wildman–Crippen LogP) is 3.81. The molecule has 19 heavy (non-hydrogen) atoms. The highest BCUT2D eigenvalue weighted by atomic mass is 19.1. The van der Waals surface area contributed by atoms with Gasteiger partial charge in [0, 0.05) is 24.3 Å². The third-order valence-corrected chi connectivity index (χ3v) is 4.02. The van der Waals surface area contributed by atoms with E-state index in [0.29, 0.717) is 17.6 Å². The highest BCUT2D eigenvalue weighted by Crippen LogP contribution is 2.20. The van der Waals surface area contributed by atoms with Crippen LogP contribution in [0.25, 0.3) is 0 Å². The van der Waals surface area contributed by atoms with Gasteiger partial charge in [0.05, 0.1) is 0 Å². The zero-order valence-electron chi connectivity index (χ0n) is 12.2. The van der Waals surface area contributed by atoms with E-state index in [4.69, 9.17) is 0 Å². The molecule has 1 aliphatic rings. The standard InChI is InChI=1S/C16H25FN2/c1-12(2)19-9-4-5-14(8-10-19)18-15-6-7-16(17)13(3)11-15/h6-7,11-12,14,18H,4-5,8-10H2,1-3H3. The summed E-state index contributed by atoms with van der Waals surface area (Å²) in [5.74, 6) is -0.127. The van der Waals surface area contributed by atoms with Crippen LogP contribution in [0.15, 0.2) is 18.2 Å². The van der Waals surface area contributed by atoms with Crippen molar-refractivity contribution in [1.82, 2.24) is 4.90 Å². The number of hydrogen-bond donors (Lipinski definition) is 1. The summed E-state index contributed by atoms with van der Waals surface area (Å²) >= 11 is 0. The summed E-state index contributed by atoms with van der Waals surface area (Å²) in [6.45, 7) is 8.68. The first-order valence-corrected chi connectivity index (χ1v) is 7.33. The lowest BCUT2D eigenvalue weighted by Gasteiger charge is -2.24. The molecule has 1 aromatic carbocycles. The van der Waals surface area contributed by atoms with Crippen molar-refractivity contribution in [3.05, 3.63) is 29.6 Å². The molecule has 106 valence electrons. The first-order chi connectivity index (χ1) is 9.06. The maximum absolute atomic E-state index is 13.2. The molecule has 0 bridgehead atoms. The molecule has 1 N–H and O–H groups in total. The lowest BCUT2D eigenvalue weighted by molar-refractivity contribution is 0.230. The molecule has 0 radical (unpaired) electrons. The monoisotopic (exact) mass is 264 g/mol. The lowest BCUT2D eigenvalue weighted by Crippen LogP contribution is -2.32. The Morgan fingerprint density at radius 2 is 2.05 bits per heavy atom. The van der Waals surface area contributed by atoms with Crippen molar-refractivity contribution < 1.29 is 4.39 Å². The minimum absolute atomic E-state index is 0.127. The molecule has 1 heterocycles. The van der Waals surface area contributed by atoms with Crippen LogP contribution in [0.3, 0.4) is 0 Å². The van der Waals surface area contributed by atoms with E-state index in [2.05, 4.69) is 24.1 Å². The number of benzene rings is 1. The first-order valence-electron chi connectivity index (χ1n) is 7.33. The third kappa shape index (κ3) is 3.93. The number of hydrogen-bond acceptors (Lipinski definition) is 2. The second-order valence-corrected chi connectivity index (χ2v) is 5.87. The van der Waals surface area contributed by atoms with E-state index in [1.165, 1.54) is 19.4 Å². The van der Waals surface area contributed by atoms with Crippen LogP contribution in [-0.4, -0.2) is 30.1 Å². The van der Waals surface area contributed by atoms with Crippen LogP contribution < -0.4 is 5.32 Å². The van der Waals surface area contributed by atoms with Crippen molar-refractivity contribution in [3.63, 3.8) is 0 Å². The van der Waals surface area contributed by atoms with E-state index in [9.17, 15) is 4.39 Å². The molecule has 1 fully saturated rings. The lowest BCUT2D eigenvalue weighted by atomic mass is 10.1. The summed E-state index contributed by atoms with van der Waals surface area (Å²) in [4.78, 5) is 2.54. The van der Waals surface area contributed by atoms with Crippen LogP contribution in [0.5, 0.6) is 0 Å². The van der Waals surface area contributed by atoms with Crippen LogP contribution in [0, 0.1) is 12.7 Å². The smallest absolute Gasteiger partial charge is 0.126 e. The molecule has 1 aliphatic heterocycles. The molecule has 1 unspecified atom stereocenters. The van der Waals surface area contributed by atoms with Crippen LogP contribution in [0.1, 0.15) is 38.7 Å². The fourth-order valence-corrected chi connectivity index (χ4v) is 2.75. The SMILES string of the molecule is Cc1cc(NC2CCCN(C(C)C)CC2)ccc1F. The van der Waals surface area contributed by atoms with Crippen LogP contribution in [0.4, 0.5) is 10.1 Å². The topological polar surface area (TPSA) is 15.3 Å². The van der Waals surface area contributed by atoms with Gasteiger partial charge in [-0.3, -0.25) is 0 Å². The van der Waals surface area contributed by atoms with Crippen LogP contribution in [-0.2, 0) is 0 Å². The summed E-state index contributed by atoms with van der Waals surface area (Å²) in [5, 5.41) is 3.56. The fraction of sp³-hybridized carbons (Fsp3) is 0.625. The van der Waals surface area contributed by atoms with Gasteiger partial charge in [0.2, 0.25) is 0 Å². The average Bonchev–Trinajstić information content (AvgIpc) is 2.59. The molecular formula is C16H25FN2. The molecule has 0 saturated carbocycles. The largest absolute Gasteiger partial charge is 0.382 e. The summed E-state index contributed by atoms with van der Waals surface area (Å²) in [5.41, 5.74) is 1.75. The Balaban J connectivity index is 1.94. The second kappa shape index (κ2) is 6.38. The number of nitrogens with one attached hydrogen (secondary N) is 1. The van der Waals surface area contributed by atoms with Gasteiger partial charge in [0.25, 0.3) is 0 Å². The van der Waals surface area contributed by atoms with E-state index >= 15 is 0 Å². The van der Waals surface area contributed by atoms with E-state index in [-0.39, 0.29) is 5.82 Å². The average molecular weight is 264 g/mol. The van der Waals surface area contributed by atoms with E-state index in [1.807, 2.05) is 19.1 Å². The van der Waals surface area contributed by atoms with Crippen molar-refractivity contribution in [3.8, 4) is 0 Å². The van der Waals surface area contributed by atoms with Crippen molar-refractivity contribution >= 4 is 5.69 Å². The Hall–Kier alpha value is -1.09. The van der Waals surface area contributed by atoms with Crippen LogP contribution in [0.2, 0.25) is 0 Å². The quantitative estimate of drug-likeness (QED) is 0.893. The van der Waals surface area contributed by atoms with Crippen molar-refractivity contribution in [2.45, 2.75) is 52.1 Å². The number of rotatable bonds is 3. The molecule has 0 aliphatic carbocycles. The fourth-order valence-electron chi connectivity index (χ4n) is 2.75. The summed E-state index contributed by atoms with van der Waals surface area (Å²) < 4.78 is 13.2. The van der Waals surface area contributed by atoms with Crippen molar-refractivity contribution in [1.29, 1.82) is 0 Å². The molecular weight excluding hydrogens is 239 g/mol. The Labute approximate surface area is 116 Å². The molecule has 2 rings (SSSR count). The van der Waals surface area contributed by atoms with Gasteiger partial charge in [-0.15, -0.1) is 0 Å². The molecule has 1 saturated heterocycles. The third-order valence-electron chi connectivity index (χ3n) is 4.02. The first kappa shape index (κ1) is 14.3. The van der Waals surface area contributed by atoms with Gasteiger partial charge < -0.3 is 10.2 Å². The molecule has 3 heteroatoms. The molecule has 2 nitrogen and oxygen atoms in total. The highest BCUT2D eigenvalue weighted by molar-refractivity contribution is 5.46. The zero-order chi connectivity index (χ0) is 13.8. The van der Waals surface area contributed by atoms with E-state index in [1.54, 1.807) is 6.07 Å². The molecule has 1 aromatic rings. The van der Waals surface area contributed by atoms with Gasteiger partial charge in [-0.25, -0.2) is 4.39 Å². The normalized spacial score (nSPS) is 21.4. The maximum atomic E-state index is 13.2. The van der Waals surface area contributed by atoms with Gasteiger partial charge >= 0.3 is 0 Å². The van der Waals surface area contributed by atoms with E-state index in [0.717, 1.165) is 18.7 Å². The van der Waals surface area contributed by atoms with Crippen molar-refractivity contribution in [2.75, 3.05) is 18.4 Å². The summed E-state index contributed by atoms with van der Waals surface area (Å²) in [6, 6.07) is 6.43. The number of nitrogens with zero attached hydrogens (tertiary/aromatic N) is 1. The Morgan fingerprint density at radius 1 is 1.26 bits per heavy atom. The Morgan fingerprint density at radius 3 is 2.74 bits per heavy atom. The van der Waals surface area contributed by atoms with E-state index < -0.39 is 0 Å². The zero-order valence-corrected chi connectivity index (χ0v) is 12.2. The molecule has 0 spiro atoms. The number of halogens is 1. The summed E-state index contributed by atoms with van der Waals surface area (Å²) in [7, 11) is 0. The summed E-state index contributed by atoms with van der Waals surface area (Å²) in [6.07, 6.45) is 3.59. The van der Waals surface area contributed by atoms with Gasteiger partial charge in [-0.2, -0.15) is 0 Å². The minimum Gasteiger partial charge on any atom is -0.382 e. The Bertz CT molecular complexity index is 417. The van der Waals surface area contributed by atoms with Gasteiger partial charge in [0.15, 0.2) is 0 Å². The molecule has 1 atom stereocenters. The predicted molar refractivity (Wildman–Crippen MR) is 79.1 cm³/mol. The van der Waals surface area contributed by atoms with Crippen LogP contribution >= 0.6 is 0 Å². The highest BCUT2D eigenvalue weighted by Gasteiger charge is 2.18. The number of anilines is 1. The number of aryl methyl sites for hydroxylation is 1.